The summed E-state index contributed by atoms with van der Waals surface area (Å²) >= 11 is 2.81. The highest BCUT2D eigenvalue weighted by Gasteiger charge is 2.23. The topological polar surface area (TPSA) is 118 Å². The van der Waals surface area contributed by atoms with Crippen LogP contribution in [0.1, 0.15) is 56.2 Å². The molecule has 0 fully saturated rings. The molecule has 0 saturated heterocycles. The second-order valence-electron chi connectivity index (χ2n) is 7.60. The Kier molecular flexibility index (Phi) is 7.11. The Labute approximate surface area is 199 Å². The van der Waals surface area contributed by atoms with Crippen molar-refractivity contribution in [3.63, 3.8) is 0 Å². The maximum absolute atomic E-state index is 12.7. The third-order valence-corrected chi connectivity index (χ3v) is 7.63. The van der Waals surface area contributed by atoms with Gasteiger partial charge in [0.2, 0.25) is 0 Å². The minimum Gasteiger partial charge on any atom is -0.452 e. The summed E-state index contributed by atoms with van der Waals surface area (Å²) in [7, 11) is 0. The molecule has 1 amide bonds. The summed E-state index contributed by atoms with van der Waals surface area (Å²) in [5.74, 6) is 0.153. The minimum absolute atomic E-state index is 0.284. The number of hydrogen-bond donors (Lipinski definition) is 1. The quantitative estimate of drug-likeness (QED) is 0.384. The maximum Gasteiger partial charge on any atom is 0.341 e. The van der Waals surface area contributed by atoms with Crippen LogP contribution in [0.25, 0.3) is 0 Å². The van der Waals surface area contributed by atoms with Gasteiger partial charge in [-0.05, 0) is 57.2 Å². The molecule has 170 valence electrons. The number of esters is 1. The normalized spacial score (nSPS) is 12.6. The number of fused-ring (bicyclic) bond motifs is 1. The predicted octanol–water partition coefficient (Wildman–Crippen LogP) is 4.59. The van der Waals surface area contributed by atoms with E-state index in [9.17, 15) is 14.9 Å². The number of amides is 1. The maximum atomic E-state index is 12.7. The number of thioether (sulfide) groups is 1. The lowest BCUT2D eigenvalue weighted by Crippen LogP contribution is -2.21. The Hall–Kier alpha value is -3.16. The molecule has 10 heteroatoms. The van der Waals surface area contributed by atoms with Crippen molar-refractivity contribution in [1.82, 2.24) is 10.1 Å². The zero-order valence-corrected chi connectivity index (χ0v) is 19.9. The van der Waals surface area contributed by atoms with Crippen LogP contribution in [0.5, 0.6) is 0 Å². The minimum atomic E-state index is -0.634. The molecule has 4 rings (SSSR count). The van der Waals surface area contributed by atoms with E-state index in [2.05, 4.69) is 21.5 Å². The van der Waals surface area contributed by atoms with Gasteiger partial charge in [-0.15, -0.1) is 23.1 Å². The molecule has 8 nitrogen and oxygen atoms in total. The molecule has 1 N–H and O–H groups in total. The van der Waals surface area contributed by atoms with Crippen molar-refractivity contribution in [2.24, 2.45) is 0 Å². The van der Waals surface area contributed by atoms with Gasteiger partial charge in [0.25, 0.3) is 5.91 Å². The van der Waals surface area contributed by atoms with Gasteiger partial charge in [-0.25, -0.2) is 9.78 Å². The van der Waals surface area contributed by atoms with Gasteiger partial charge in [0.1, 0.15) is 21.9 Å². The summed E-state index contributed by atoms with van der Waals surface area (Å²) in [4.78, 5) is 30.5. The van der Waals surface area contributed by atoms with Crippen LogP contribution in [0.3, 0.4) is 0 Å². The Morgan fingerprint density at radius 2 is 2.15 bits per heavy atom. The van der Waals surface area contributed by atoms with Gasteiger partial charge in [0.05, 0.1) is 16.8 Å². The number of hydrogen-bond acceptors (Lipinski definition) is 9. The molecule has 0 aliphatic heterocycles. The summed E-state index contributed by atoms with van der Waals surface area (Å²) < 4.78 is 10.4. The summed E-state index contributed by atoms with van der Waals surface area (Å²) in [6.07, 6.45) is 5.52. The first kappa shape index (κ1) is 23.0. The third kappa shape index (κ3) is 5.10. The first-order valence-electron chi connectivity index (χ1n) is 10.5. The van der Waals surface area contributed by atoms with E-state index < -0.39 is 18.5 Å². The van der Waals surface area contributed by atoms with E-state index in [1.807, 2.05) is 13.8 Å². The van der Waals surface area contributed by atoms with Crippen molar-refractivity contribution in [3.05, 3.63) is 56.9 Å². The molecular weight excluding hydrogens is 460 g/mol. The monoisotopic (exact) mass is 482 g/mol. The number of rotatable bonds is 7. The third-order valence-electron chi connectivity index (χ3n) is 5.40. The van der Waals surface area contributed by atoms with Crippen LogP contribution in [-0.4, -0.2) is 28.6 Å². The predicted molar refractivity (Wildman–Crippen MR) is 124 cm³/mol. The Bertz CT molecular complexity index is 1220. The molecule has 3 heterocycles. The van der Waals surface area contributed by atoms with E-state index in [1.165, 1.54) is 23.1 Å². The smallest absolute Gasteiger partial charge is 0.341 e. The number of carbonyl (C=O) groups is 2. The van der Waals surface area contributed by atoms with Crippen molar-refractivity contribution in [1.29, 1.82) is 5.26 Å². The van der Waals surface area contributed by atoms with Crippen LogP contribution < -0.4 is 5.32 Å². The second kappa shape index (κ2) is 10.2. The fraction of sp³-hybridized carbons (Fsp3) is 0.348. The number of anilines is 1. The number of nitrogens with zero attached hydrogens (tertiary/aromatic N) is 3. The molecule has 0 bridgehead atoms. The average Bonchev–Trinajstić information content (AvgIpc) is 3.34. The van der Waals surface area contributed by atoms with Crippen molar-refractivity contribution >= 4 is 40.0 Å². The van der Waals surface area contributed by atoms with E-state index >= 15 is 0 Å². The van der Waals surface area contributed by atoms with Crippen LogP contribution in [0.15, 0.2) is 27.9 Å². The van der Waals surface area contributed by atoms with Gasteiger partial charge in [-0.2, -0.15) is 5.26 Å². The van der Waals surface area contributed by atoms with Gasteiger partial charge in [0.15, 0.2) is 6.61 Å². The summed E-state index contributed by atoms with van der Waals surface area (Å²) in [6.45, 7) is 3.25. The highest BCUT2D eigenvalue weighted by Crippen LogP contribution is 2.37. The molecule has 0 aromatic carbocycles. The standard InChI is InChI=1S/C23H22N4O4S2/c1-13-18(14(2)31-27-13)12-32-21-16(7-5-9-25-21)23(29)30-11-20(28)26-22-17(10-24)15-6-3-4-8-19(15)33-22/h5,7,9H,3-4,6,8,11-12H2,1-2H3,(H,26,28). The summed E-state index contributed by atoms with van der Waals surface area (Å²) in [5, 5.41) is 17.2. The molecule has 0 atom stereocenters. The first-order valence-corrected chi connectivity index (χ1v) is 12.3. The van der Waals surface area contributed by atoms with E-state index in [0.29, 0.717) is 21.3 Å². The van der Waals surface area contributed by atoms with Crippen LogP contribution in [-0.2, 0) is 28.1 Å². The van der Waals surface area contributed by atoms with Gasteiger partial charge in [-0.3, -0.25) is 4.79 Å². The van der Waals surface area contributed by atoms with Gasteiger partial charge in [-0.1, -0.05) is 5.16 Å². The number of thiophene rings is 1. The molecule has 1 aliphatic carbocycles. The van der Waals surface area contributed by atoms with Gasteiger partial charge in [0, 0.05) is 22.4 Å². The van der Waals surface area contributed by atoms with E-state index in [1.54, 1.807) is 18.3 Å². The highest BCUT2D eigenvalue weighted by molar-refractivity contribution is 7.98. The fourth-order valence-electron chi connectivity index (χ4n) is 3.65. The molecule has 3 aromatic rings. The Morgan fingerprint density at radius 1 is 1.33 bits per heavy atom. The number of aryl methyl sites for hydroxylation is 3. The van der Waals surface area contributed by atoms with Crippen LogP contribution in [0.2, 0.25) is 0 Å². The van der Waals surface area contributed by atoms with Crippen LogP contribution in [0.4, 0.5) is 5.00 Å². The lowest BCUT2D eigenvalue weighted by Gasteiger charge is -2.09. The number of nitrogens with one attached hydrogen (secondary N) is 1. The lowest BCUT2D eigenvalue weighted by atomic mass is 9.96. The van der Waals surface area contributed by atoms with Crippen LogP contribution in [0, 0.1) is 25.2 Å². The van der Waals surface area contributed by atoms with E-state index in [0.717, 1.165) is 53.1 Å². The molecule has 0 radical (unpaired) electrons. The van der Waals surface area contributed by atoms with Crippen molar-refractivity contribution in [2.45, 2.75) is 50.3 Å². The second-order valence-corrected chi connectivity index (χ2v) is 9.67. The molecule has 0 saturated carbocycles. The van der Waals surface area contributed by atoms with E-state index in [-0.39, 0.29) is 5.56 Å². The fourth-order valence-corrected chi connectivity index (χ4v) is 6.04. The molecule has 33 heavy (non-hydrogen) atoms. The number of ether oxygens (including phenoxy) is 1. The van der Waals surface area contributed by atoms with E-state index in [4.69, 9.17) is 9.26 Å². The number of pyridine rings is 1. The average molecular weight is 483 g/mol. The number of nitriles is 1. The number of carbonyl (C=O) groups excluding carboxylic acids is 2. The summed E-state index contributed by atoms with van der Waals surface area (Å²) in [6, 6.07) is 5.47. The highest BCUT2D eigenvalue weighted by atomic mass is 32.2. The zero-order valence-electron chi connectivity index (χ0n) is 18.3. The number of aromatic nitrogens is 2. The Morgan fingerprint density at radius 3 is 2.91 bits per heavy atom. The molecule has 0 spiro atoms. The van der Waals surface area contributed by atoms with Crippen molar-refractivity contribution in [2.75, 3.05) is 11.9 Å². The zero-order chi connectivity index (χ0) is 23.4. The summed E-state index contributed by atoms with van der Waals surface area (Å²) in [5.41, 5.74) is 3.60. The molecule has 1 aliphatic rings. The molecule has 3 aromatic heterocycles. The van der Waals surface area contributed by atoms with Crippen LogP contribution >= 0.6 is 23.1 Å². The molecular formula is C23H22N4O4S2. The first-order chi connectivity index (χ1) is 16.0. The van der Waals surface area contributed by atoms with Crippen molar-refractivity contribution in [3.8, 4) is 6.07 Å². The van der Waals surface area contributed by atoms with Gasteiger partial charge >= 0.3 is 5.97 Å². The van der Waals surface area contributed by atoms with Crippen molar-refractivity contribution < 1.29 is 18.8 Å². The lowest BCUT2D eigenvalue weighted by molar-refractivity contribution is -0.119. The Balaban J connectivity index is 1.38. The van der Waals surface area contributed by atoms with Gasteiger partial charge < -0.3 is 14.6 Å². The molecule has 0 unspecified atom stereocenters. The largest absolute Gasteiger partial charge is 0.452 e. The SMILES string of the molecule is Cc1noc(C)c1CSc1ncccc1C(=O)OCC(=O)Nc1sc2c(c1C#N)CCCC2.